The third-order valence-corrected chi connectivity index (χ3v) is 3.24. The van der Waals surface area contributed by atoms with E-state index < -0.39 is 0 Å². The van der Waals surface area contributed by atoms with Gasteiger partial charge in [0.15, 0.2) is 5.76 Å². The third kappa shape index (κ3) is 1.58. The van der Waals surface area contributed by atoms with E-state index >= 15 is 0 Å². The van der Waals surface area contributed by atoms with Gasteiger partial charge in [0.25, 0.3) is 0 Å². The summed E-state index contributed by atoms with van der Waals surface area (Å²) in [6.07, 6.45) is 3.63. The summed E-state index contributed by atoms with van der Waals surface area (Å²) in [5, 5.41) is 0.980. The first-order valence-corrected chi connectivity index (χ1v) is 5.99. The van der Waals surface area contributed by atoms with Crippen molar-refractivity contribution in [2.45, 2.75) is 6.92 Å². The topological polar surface area (TPSA) is 43.9 Å². The molecule has 5 heteroatoms. The molecule has 0 amide bonds. The fourth-order valence-corrected chi connectivity index (χ4v) is 2.59. The highest BCUT2D eigenvalue weighted by Crippen LogP contribution is 2.32. The number of halogens is 1. The van der Waals surface area contributed by atoms with E-state index in [1.54, 1.807) is 6.26 Å². The minimum atomic E-state index is 0.734. The molecule has 0 spiro atoms. The standard InChI is InChI=1S/C12H10BrN3O/c1-7-14-11(9-4-3-5-17-9)10-8(13)6-16(2)12(10)15-7/h3-6H,1-2H3. The molecule has 4 nitrogen and oxygen atoms in total. The second-order valence-corrected chi connectivity index (χ2v) is 4.74. The molecule has 0 bridgehead atoms. The zero-order valence-electron chi connectivity index (χ0n) is 9.44. The van der Waals surface area contributed by atoms with E-state index in [1.807, 2.05) is 36.9 Å². The maximum absolute atomic E-state index is 5.43. The molecule has 0 aromatic carbocycles. The summed E-state index contributed by atoms with van der Waals surface area (Å²) in [6.45, 7) is 1.88. The van der Waals surface area contributed by atoms with Gasteiger partial charge in [-0.1, -0.05) is 0 Å². The molecule has 0 aliphatic rings. The van der Waals surface area contributed by atoms with Crippen LogP contribution in [0, 0.1) is 6.92 Å². The van der Waals surface area contributed by atoms with Crippen LogP contribution in [0.1, 0.15) is 5.82 Å². The Morgan fingerprint density at radius 3 is 2.88 bits per heavy atom. The van der Waals surface area contributed by atoms with Crippen LogP contribution >= 0.6 is 15.9 Å². The predicted molar refractivity (Wildman–Crippen MR) is 68.6 cm³/mol. The molecule has 0 aliphatic carbocycles. The van der Waals surface area contributed by atoms with Gasteiger partial charge in [0.05, 0.1) is 11.6 Å². The minimum absolute atomic E-state index is 0.734. The normalized spacial score (nSPS) is 11.2. The first kappa shape index (κ1) is 10.5. The van der Waals surface area contributed by atoms with Crippen LogP contribution in [0.3, 0.4) is 0 Å². The maximum Gasteiger partial charge on any atom is 0.153 e. The van der Waals surface area contributed by atoms with Crippen molar-refractivity contribution in [1.82, 2.24) is 14.5 Å². The fraction of sp³-hybridized carbons (Fsp3) is 0.167. The highest BCUT2D eigenvalue weighted by Gasteiger charge is 2.16. The van der Waals surface area contributed by atoms with Crippen LogP contribution in [-0.2, 0) is 7.05 Å². The molecule has 0 fully saturated rings. The van der Waals surface area contributed by atoms with Crippen LogP contribution in [0.2, 0.25) is 0 Å². The van der Waals surface area contributed by atoms with Crippen LogP contribution in [0.25, 0.3) is 22.5 Å². The predicted octanol–water partition coefficient (Wildman–Crippen LogP) is 3.30. The van der Waals surface area contributed by atoms with Crippen LogP contribution in [0.5, 0.6) is 0 Å². The minimum Gasteiger partial charge on any atom is -0.463 e. The summed E-state index contributed by atoms with van der Waals surface area (Å²) in [5.41, 5.74) is 1.72. The molecule has 0 N–H and O–H groups in total. The zero-order chi connectivity index (χ0) is 12.0. The van der Waals surface area contributed by atoms with Crippen molar-refractivity contribution in [1.29, 1.82) is 0 Å². The molecular weight excluding hydrogens is 282 g/mol. The van der Waals surface area contributed by atoms with E-state index in [0.717, 1.165) is 32.8 Å². The van der Waals surface area contributed by atoms with Gasteiger partial charge < -0.3 is 8.98 Å². The van der Waals surface area contributed by atoms with E-state index in [1.165, 1.54) is 0 Å². The van der Waals surface area contributed by atoms with Crippen molar-refractivity contribution in [3.8, 4) is 11.5 Å². The Morgan fingerprint density at radius 2 is 2.18 bits per heavy atom. The van der Waals surface area contributed by atoms with Crippen LogP contribution in [0.4, 0.5) is 0 Å². The first-order valence-electron chi connectivity index (χ1n) is 5.20. The van der Waals surface area contributed by atoms with E-state index in [4.69, 9.17) is 4.42 Å². The van der Waals surface area contributed by atoms with Crippen LogP contribution < -0.4 is 0 Å². The molecular formula is C12H10BrN3O. The van der Waals surface area contributed by atoms with Gasteiger partial charge in [-0.05, 0) is 35.0 Å². The Hall–Kier alpha value is -1.62. The molecule has 0 unspecified atom stereocenters. The number of fused-ring (bicyclic) bond motifs is 1. The second kappa shape index (κ2) is 3.70. The summed E-state index contributed by atoms with van der Waals surface area (Å²) >= 11 is 3.54. The van der Waals surface area contributed by atoms with Gasteiger partial charge >= 0.3 is 0 Å². The van der Waals surface area contributed by atoms with Crippen LogP contribution in [0.15, 0.2) is 33.5 Å². The Kier molecular flexibility index (Phi) is 2.29. The zero-order valence-corrected chi connectivity index (χ0v) is 11.0. The summed E-state index contributed by atoms with van der Waals surface area (Å²) in [4.78, 5) is 8.92. The van der Waals surface area contributed by atoms with Crippen molar-refractivity contribution in [3.05, 3.63) is 34.9 Å². The van der Waals surface area contributed by atoms with Crippen LogP contribution in [-0.4, -0.2) is 14.5 Å². The van der Waals surface area contributed by atoms with E-state index in [2.05, 4.69) is 25.9 Å². The van der Waals surface area contributed by atoms with Gasteiger partial charge in [0.1, 0.15) is 17.2 Å². The molecule has 3 aromatic rings. The fourth-order valence-electron chi connectivity index (χ4n) is 1.92. The number of aromatic nitrogens is 3. The molecule has 0 saturated heterocycles. The highest BCUT2D eigenvalue weighted by atomic mass is 79.9. The smallest absolute Gasteiger partial charge is 0.153 e. The lowest BCUT2D eigenvalue weighted by Gasteiger charge is -2.02. The van der Waals surface area contributed by atoms with Crippen molar-refractivity contribution in [3.63, 3.8) is 0 Å². The molecule has 3 aromatic heterocycles. The van der Waals surface area contributed by atoms with Gasteiger partial charge in [-0.15, -0.1) is 0 Å². The van der Waals surface area contributed by atoms with E-state index in [9.17, 15) is 0 Å². The Labute approximate surface area is 106 Å². The number of nitrogens with zero attached hydrogens (tertiary/aromatic N) is 3. The van der Waals surface area contributed by atoms with E-state index in [-0.39, 0.29) is 0 Å². The molecule has 3 rings (SSSR count). The molecule has 0 saturated carbocycles. The molecule has 0 atom stereocenters. The molecule has 3 heterocycles. The van der Waals surface area contributed by atoms with Gasteiger partial charge in [-0.25, -0.2) is 9.97 Å². The average Bonchev–Trinajstić information content (AvgIpc) is 2.88. The number of aryl methyl sites for hydroxylation is 2. The Bertz CT molecular complexity index is 685. The lowest BCUT2D eigenvalue weighted by molar-refractivity contribution is 0.580. The van der Waals surface area contributed by atoms with Crippen molar-refractivity contribution >= 4 is 27.0 Å². The van der Waals surface area contributed by atoms with Gasteiger partial charge in [0, 0.05) is 17.7 Å². The lowest BCUT2D eigenvalue weighted by Crippen LogP contribution is -1.95. The molecule has 86 valence electrons. The first-order chi connectivity index (χ1) is 8.16. The molecule has 0 radical (unpaired) electrons. The maximum atomic E-state index is 5.43. The van der Waals surface area contributed by atoms with Gasteiger partial charge in [-0.3, -0.25) is 0 Å². The number of rotatable bonds is 1. The van der Waals surface area contributed by atoms with Crippen molar-refractivity contribution in [2.75, 3.05) is 0 Å². The third-order valence-electron chi connectivity index (χ3n) is 2.64. The number of hydrogen-bond donors (Lipinski definition) is 0. The SMILES string of the molecule is Cc1nc(-c2ccco2)c2c(Br)cn(C)c2n1. The van der Waals surface area contributed by atoms with Crippen molar-refractivity contribution < 1.29 is 4.42 Å². The average molecular weight is 292 g/mol. The van der Waals surface area contributed by atoms with Crippen molar-refractivity contribution in [2.24, 2.45) is 7.05 Å². The number of furan rings is 1. The summed E-state index contributed by atoms with van der Waals surface area (Å²) < 4.78 is 8.37. The summed E-state index contributed by atoms with van der Waals surface area (Å²) in [7, 11) is 1.96. The summed E-state index contributed by atoms with van der Waals surface area (Å²) in [5.74, 6) is 1.49. The Balaban J connectivity index is 2.45. The molecule has 17 heavy (non-hydrogen) atoms. The highest BCUT2D eigenvalue weighted by molar-refractivity contribution is 9.10. The summed E-state index contributed by atoms with van der Waals surface area (Å²) in [6, 6.07) is 3.76. The van der Waals surface area contributed by atoms with E-state index in [0.29, 0.717) is 0 Å². The quantitative estimate of drug-likeness (QED) is 0.691. The monoisotopic (exact) mass is 291 g/mol. The van der Waals surface area contributed by atoms with Gasteiger partial charge in [0.2, 0.25) is 0 Å². The number of hydrogen-bond acceptors (Lipinski definition) is 3. The Morgan fingerprint density at radius 1 is 1.35 bits per heavy atom. The lowest BCUT2D eigenvalue weighted by atomic mass is 10.2. The van der Waals surface area contributed by atoms with Gasteiger partial charge in [-0.2, -0.15) is 0 Å². The largest absolute Gasteiger partial charge is 0.463 e. The second-order valence-electron chi connectivity index (χ2n) is 3.88. The molecule has 0 aliphatic heterocycles.